The number of hydrogen-bond acceptors (Lipinski definition) is 1. The second-order valence-electron chi connectivity index (χ2n) is 3.64. The molecule has 0 saturated carbocycles. The highest BCUT2D eigenvalue weighted by Gasteiger charge is 2.11. The molecule has 0 aliphatic rings. The zero-order chi connectivity index (χ0) is 8.85. The Morgan fingerprint density at radius 1 is 1.36 bits per heavy atom. The molecule has 0 aliphatic carbocycles. The van der Waals surface area contributed by atoms with E-state index in [1.807, 2.05) is 6.92 Å². The molecule has 0 radical (unpaired) electrons. The quantitative estimate of drug-likeness (QED) is 0.598. The zero-order valence-corrected chi connectivity index (χ0v) is 8.18. The summed E-state index contributed by atoms with van der Waals surface area (Å²) >= 11 is 0. The van der Waals surface area contributed by atoms with Gasteiger partial charge in [0.1, 0.15) is 5.78 Å². The third kappa shape index (κ3) is 5.00. The Kier molecular flexibility index (Phi) is 5.18. The molecule has 0 rings (SSSR count). The van der Waals surface area contributed by atoms with E-state index in [0.29, 0.717) is 11.7 Å². The lowest BCUT2D eigenvalue weighted by molar-refractivity contribution is -0.120. The highest BCUT2D eigenvalue weighted by molar-refractivity contribution is 5.77. The summed E-state index contributed by atoms with van der Waals surface area (Å²) in [5.74, 6) is 1.29. The molecule has 0 heterocycles. The van der Waals surface area contributed by atoms with E-state index in [1.54, 1.807) is 6.92 Å². The largest absolute Gasteiger partial charge is 0.300 e. The Hall–Kier alpha value is -0.330. The highest BCUT2D eigenvalue weighted by Crippen LogP contribution is 2.16. The van der Waals surface area contributed by atoms with Crippen LogP contribution in [0.25, 0.3) is 0 Å². The molecule has 66 valence electrons. The average molecular weight is 156 g/mol. The van der Waals surface area contributed by atoms with Gasteiger partial charge in [0.05, 0.1) is 0 Å². The van der Waals surface area contributed by atoms with Crippen molar-refractivity contribution in [3.05, 3.63) is 0 Å². The van der Waals surface area contributed by atoms with Crippen molar-refractivity contribution >= 4 is 5.78 Å². The number of Topliss-reactive ketones (excluding diaryl/α,β-unsaturated/α-hetero) is 1. The fraction of sp³-hybridized carbons (Fsp3) is 0.900. The molecule has 0 fully saturated rings. The number of carbonyl (C=O) groups excluding carboxylic acids is 1. The molecule has 11 heavy (non-hydrogen) atoms. The summed E-state index contributed by atoms with van der Waals surface area (Å²) in [5, 5.41) is 0. The van der Waals surface area contributed by atoms with Gasteiger partial charge < -0.3 is 0 Å². The molecule has 0 N–H and O–H groups in total. The van der Waals surface area contributed by atoms with Crippen LogP contribution in [0.3, 0.4) is 0 Å². The second kappa shape index (κ2) is 5.34. The number of carbonyl (C=O) groups is 1. The van der Waals surface area contributed by atoms with Gasteiger partial charge in [0.2, 0.25) is 0 Å². The van der Waals surface area contributed by atoms with Crippen LogP contribution in [-0.2, 0) is 4.79 Å². The molecule has 1 nitrogen and oxygen atoms in total. The van der Waals surface area contributed by atoms with Gasteiger partial charge in [0.15, 0.2) is 0 Å². The van der Waals surface area contributed by atoms with Crippen molar-refractivity contribution in [3.8, 4) is 0 Å². The van der Waals surface area contributed by atoms with E-state index >= 15 is 0 Å². The summed E-state index contributed by atoms with van der Waals surface area (Å²) in [6, 6.07) is 0. The van der Waals surface area contributed by atoms with Crippen LogP contribution >= 0.6 is 0 Å². The highest BCUT2D eigenvalue weighted by atomic mass is 16.1. The SMILES string of the molecule is CCC[C@H](C)C[C@@H](C)C(C)=O. The van der Waals surface area contributed by atoms with E-state index in [1.165, 1.54) is 12.8 Å². The van der Waals surface area contributed by atoms with Gasteiger partial charge in [-0.3, -0.25) is 4.79 Å². The van der Waals surface area contributed by atoms with Crippen molar-refractivity contribution in [1.29, 1.82) is 0 Å². The fourth-order valence-electron chi connectivity index (χ4n) is 1.38. The second-order valence-corrected chi connectivity index (χ2v) is 3.64. The summed E-state index contributed by atoms with van der Waals surface area (Å²) < 4.78 is 0. The number of hydrogen-bond donors (Lipinski definition) is 0. The summed E-state index contributed by atoms with van der Waals surface area (Å²) in [7, 11) is 0. The number of rotatable bonds is 5. The van der Waals surface area contributed by atoms with Crippen molar-refractivity contribution in [2.24, 2.45) is 11.8 Å². The van der Waals surface area contributed by atoms with E-state index < -0.39 is 0 Å². The Balaban J connectivity index is 3.56. The van der Waals surface area contributed by atoms with Gasteiger partial charge in [-0.15, -0.1) is 0 Å². The molecule has 0 bridgehead atoms. The number of ketones is 1. The monoisotopic (exact) mass is 156 g/mol. The van der Waals surface area contributed by atoms with E-state index in [9.17, 15) is 4.79 Å². The molecule has 0 aromatic heterocycles. The summed E-state index contributed by atoms with van der Waals surface area (Å²) in [6.07, 6.45) is 3.53. The lowest BCUT2D eigenvalue weighted by Crippen LogP contribution is -2.10. The molecule has 0 saturated heterocycles. The van der Waals surface area contributed by atoms with Crippen LogP contribution in [0.5, 0.6) is 0 Å². The Morgan fingerprint density at radius 2 is 1.91 bits per heavy atom. The van der Waals surface area contributed by atoms with Gasteiger partial charge in [-0.2, -0.15) is 0 Å². The van der Waals surface area contributed by atoms with Crippen LogP contribution in [-0.4, -0.2) is 5.78 Å². The van der Waals surface area contributed by atoms with E-state index in [2.05, 4.69) is 13.8 Å². The Morgan fingerprint density at radius 3 is 2.27 bits per heavy atom. The van der Waals surface area contributed by atoms with Crippen LogP contribution in [0, 0.1) is 11.8 Å². The Bertz CT molecular complexity index is 118. The van der Waals surface area contributed by atoms with Gasteiger partial charge >= 0.3 is 0 Å². The van der Waals surface area contributed by atoms with E-state index in [0.717, 1.165) is 6.42 Å². The van der Waals surface area contributed by atoms with Crippen molar-refractivity contribution < 1.29 is 4.79 Å². The van der Waals surface area contributed by atoms with Crippen molar-refractivity contribution in [1.82, 2.24) is 0 Å². The van der Waals surface area contributed by atoms with Crippen molar-refractivity contribution in [3.63, 3.8) is 0 Å². The van der Waals surface area contributed by atoms with E-state index in [4.69, 9.17) is 0 Å². The molecule has 0 aliphatic heterocycles. The molecule has 0 aromatic carbocycles. The topological polar surface area (TPSA) is 17.1 Å². The first-order valence-corrected chi connectivity index (χ1v) is 4.58. The molecular formula is C10H20O. The zero-order valence-electron chi connectivity index (χ0n) is 8.18. The van der Waals surface area contributed by atoms with Crippen molar-refractivity contribution in [2.45, 2.75) is 47.0 Å². The maximum absolute atomic E-state index is 10.9. The first-order chi connectivity index (χ1) is 5.07. The standard InChI is InChI=1S/C10H20O/c1-5-6-8(2)7-9(3)10(4)11/h8-9H,5-7H2,1-4H3/t8-,9+/m0/s1. The Labute approximate surface area is 70.2 Å². The van der Waals surface area contributed by atoms with Gasteiger partial charge in [0, 0.05) is 5.92 Å². The van der Waals surface area contributed by atoms with Gasteiger partial charge in [0.25, 0.3) is 0 Å². The van der Waals surface area contributed by atoms with E-state index in [-0.39, 0.29) is 5.92 Å². The molecule has 0 amide bonds. The minimum absolute atomic E-state index is 0.261. The summed E-state index contributed by atoms with van der Waals surface area (Å²) in [6.45, 7) is 8.12. The first-order valence-electron chi connectivity index (χ1n) is 4.58. The minimum Gasteiger partial charge on any atom is -0.300 e. The molecular weight excluding hydrogens is 136 g/mol. The van der Waals surface area contributed by atoms with Crippen LogP contribution in [0.2, 0.25) is 0 Å². The van der Waals surface area contributed by atoms with Crippen LogP contribution < -0.4 is 0 Å². The van der Waals surface area contributed by atoms with Gasteiger partial charge in [-0.1, -0.05) is 33.6 Å². The fourth-order valence-corrected chi connectivity index (χ4v) is 1.38. The third-order valence-electron chi connectivity index (χ3n) is 2.23. The lowest BCUT2D eigenvalue weighted by Gasteiger charge is -2.13. The predicted octanol–water partition coefficient (Wildman–Crippen LogP) is 3.04. The van der Waals surface area contributed by atoms with Crippen LogP contribution in [0.4, 0.5) is 0 Å². The molecule has 0 unspecified atom stereocenters. The average Bonchev–Trinajstić information content (AvgIpc) is 1.87. The minimum atomic E-state index is 0.261. The maximum Gasteiger partial charge on any atom is 0.132 e. The third-order valence-corrected chi connectivity index (χ3v) is 2.23. The summed E-state index contributed by atoms with van der Waals surface area (Å²) in [5.41, 5.74) is 0. The smallest absolute Gasteiger partial charge is 0.132 e. The normalized spacial score (nSPS) is 16.0. The molecule has 0 spiro atoms. The maximum atomic E-state index is 10.9. The summed E-state index contributed by atoms with van der Waals surface area (Å²) in [4.78, 5) is 10.9. The lowest BCUT2D eigenvalue weighted by atomic mass is 9.92. The van der Waals surface area contributed by atoms with Gasteiger partial charge in [-0.25, -0.2) is 0 Å². The first kappa shape index (κ1) is 10.7. The molecule has 0 aromatic rings. The van der Waals surface area contributed by atoms with Gasteiger partial charge in [-0.05, 0) is 19.3 Å². The van der Waals surface area contributed by atoms with Crippen LogP contribution in [0.15, 0.2) is 0 Å². The molecule has 2 atom stereocenters. The van der Waals surface area contributed by atoms with Crippen molar-refractivity contribution in [2.75, 3.05) is 0 Å². The predicted molar refractivity (Wildman–Crippen MR) is 48.5 cm³/mol. The molecule has 1 heteroatoms. The van der Waals surface area contributed by atoms with Crippen LogP contribution in [0.1, 0.15) is 47.0 Å².